The van der Waals surface area contributed by atoms with Crippen molar-refractivity contribution in [1.29, 1.82) is 0 Å². The van der Waals surface area contributed by atoms with E-state index < -0.39 is 54.1 Å². The van der Waals surface area contributed by atoms with Crippen LogP contribution in [0.4, 0.5) is 14.4 Å². The van der Waals surface area contributed by atoms with Crippen molar-refractivity contribution in [3.63, 3.8) is 0 Å². The van der Waals surface area contributed by atoms with Crippen LogP contribution < -0.4 is 21.3 Å². The number of rotatable bonds is 12. The Morgan fingerprint density at radius 2 is 1.42 bits per heavy atom. The lowest BCUT2D eigenvalue weighted by atomic mass is 10.1. The van der Waals surface area contributed by atoms with Gasteiger partial charge in [0.25, 0.3) is 0 Å². The number of amides is 4. The number of carbonyl (C=O) groups is 4. The predicted molar refractivity (Wildman–Crippen MR) is 140 cm³/mol. The third kappa shape index (κ3) is 15.5. The van der Waals surface area contributed by atoms with Gasteiger partial charge in [-0.25, -0.2) is 14.4 Å². The predicted octanol–water partition coefficient (Wildman–Crippen LogP) is 2.59. The fraction of sp³-hybridized carbons (Fsp3) is 0.615. The monoisotopic (exact) mass is 538 g/mol. The Balaban J connectivity index is 2.71. The largest absolute Gasteiger partial charge is 0.445 e. The Labute approximate surface area is 224 Å². The van der Waals surface area contributed by atoms with Crippen molar-refractivity contribution in [2.24, 2.45) is 0 Å². The molecule has 1 aromatic carbocycles. The Morgan fingerprint density at radius 3 is 1.97 bits per heavy atom. The summed E-state index contributed by atoms with van der Waals surface area (Å²) in [6.45, 7) is 10.0. The molecule has 0 fully saturated rings. The molecule has 0 aliphatic carbocycles. The van der Waals surface area contributed by atoms with Crippen molar-refractivity contribution in [3.05, 3.63) is 35.9 Å². The maximum atomic E-state index is 13.0. The Kier molecular flexibility index (Phi) is 13.4. The third-order valence-corrected chi connectivity index (χ3v) is 4.62. The highest BCUT2D eigenvalue weighted by Gasteiger charge is 2.25. The summed E-state index contributed by atoms with van der Waals surface area (Å²) in [7, 11) is 0. The summed E-state index contributed by atoms with van der Waals surface area (Å²) < 4.78 is 15.6. The van der Waals surface area contributed by atoms with Gasteiger partial charge in [0.15, 0.2) is 0 Å². The normalized spacial score (nSPS) is 12.9. The molecule has 0 spiro atoms. The van der Waals surface area contributed by atoms with Gasteiger partial charge in [0.05, 0.1) is 12.6 Å². The summed E-state index contributed by atoms with van der Waals surface area (Å²) in [5.41, 5.74) is -0.577. The summed E-state index contributed by atoms with van der Waals surface area (Å²) in [5.74, 6) is -0.594. The van der Waals surface area contributed by atoms with E-state index in [1.807, 2.05) is 18.2 Å². The molecule has 0 heterocycles. The van der Waals surface area contributed by atoms with E-state index >= 15 is 0 Å². The van der Waals surface area contributed by atoms with E-state index in [1.54, 1.807) is 53.7 Å². The molecule has 12 heteroatoms. The van der Waals surface area contributed by atoms with Gasteiger partial charge in [0.1, 0.15) is 23.9 Å². The minimum atomic E-state index is -1.03. The van der Waals surface area contributed by atoms with Crippen molar-refractivity contribution in [3.8, 4) is 0 Å². The molecule has 0 aliphatic rings. The van der Waals surface area contributed by atoms with Crippen LogP contribution in [0.25, 0.3) is 0 Å². The second-order valence-corrected chi connectivity index (χ2v) is 10.6. The van der Waals surface area contributed by atoms with Gasteiger partial charge in [-0.3, -0.25) is 4.79 Å². The first-order chi connectivity index (χ1) is 17.7. The SMILES string of the molecule is CC(C)(C)OC(=O)NCCC[C@H](NC(=O)OCc1ccccc1)C(=O)N[C@H](CO)CNC(=O)OC(C)(C)C. The van der Waals surface area contributed by atoms with Gasteiger partial charge in [-0.15, -0.1) is 0 Å². The summed E-state index contributed by atoms with van der Waals surface area (Å²) in [5, 5.41) is 19.9. The van der Waals surface area contributed by atoms with Gasteiger partial charge < -0.3 is 40.6 Å². The Morgan fingerprint density at radius 1 is 0.842 bits per heavy atom. The molecule has 0 saturated heterocycles. The molecule has 0 saturated carbocycles. The molecule has 5 N–H and O–H groups in total. The van der Waals surface area contributed by atoms with E-state index in [9.17, 15) is 24.3 Å². The Bertz CT molecular complexity index is 897. The second-order valence-electron chi connectivity index (χ2n) is 10.6. The molecule has 2 atom stereocenters. The van der Waals surface area contributed by atoms with Crippen LogP contribution in [0, 0.1) is 0 Å². The average molecular weight is 539 g/mol. The number of alkyl carbamates (subject to hydrolysis) is 3. The van der Waals surface area contributed by atoms with Crippen LogP contribution in [0.15, 0.2) is 30.3 Å². The van der Waals surface area contributed by atoms with Crippen LogP contribution in [0.5, 0.6) is 0 Å². The van der Waals surface area contributed by atoms with Crippen LogP contribution in [0.2, 0.25) is 0 Å². The maximum absolute atomic E-state index is 13.0. The highest BCUT2D eigenvalue weighted by atomic mass is 16.6. The minimum absolute atomic E-state index is 0.0142. The van der Waals surface area contributed by atoms with E-state index in [1.165, 1.54) is 0 Å². The maximum Gasteiger partial charge on any atom is 0.408 e. The van der Waals surface area contributed by atoms with Gasteiger partial charge in [0, 0.05) is 13.1 Å². The number of carbonyl (C=O) groups excluding carboxylic acids is 4. The number of nitrogens with one attached hydrogen (secondary N) is 4. The van der Waals surface area contributed by atoms with E-state index in [0.29, 0.717) is 6.42 Å². The molecular weight excluding hydrogens is 496 g/mol. The second kappa shape index (κ2) is 15.7. The first-order valence-corrected chi connectivity index (χ1v) is 12.5. The highest BCUT2D eigenvalue weighted by molar-refractivity contribution is 5.85. The van der Waals surface area contributed by atoms with Crippen molar-refractivity contribution >= 4 is 24.2 Å². The smallest absolute Gasteiger partial charge is 0.408 e. The quantitative estimate of drug-likeness (QED) is 0.200. The van der Waals surface area contributed by atoms with E-state index in [0.717, 1.165) is 5.56 Å². The summed E-state index contributed by atoms with van der Waals surface area (Å²) in [6, 6.07) is 7.18. The first kappa shape index (κ1) is 32.5. The molecule has 0 aliphatic heterocycles. The van der Waals surface area contributed by atoms with Crippen molar-refractivity contribution in [2.45, 2.75) is 84.3 Å². The van der Waals surface area contributed by atoms with Crippen LogP contribution in [-0.4, -0.2) is 72.3 Å². The molecule has 0 unspecified atom stereocenters. The molecule has 1 rings (SSSR count). The molecular formula is C26H42N4O8. The summed E-state index contributed by atoms with van der Waals surface area (Å²) in [6.07, 6.45) is -1.61. The van der Waals surface area contributed by atoms with Crippen molar-refractivity contribution in [1.82, 2.24) is 21.3 Å². The van der Waals surface area contributed by atoms with Gasteiger partial charge in [0.2, 0.25) is 5.91 Å². The topological polar surface area (TPSA) is 164 Å². The van der Waals surface area contributed by atoms with Gasteiger partial charge in [-0.05, 0) is 59.9 Å². The lowest BCUT2D eigenvalue weighted by Crippen LogP contribution is -2.53. The standard InChI is InChI=1S/C26H42N4O8/c1-25(2,3)37-22(33)27-14-10-13-20(30-24(35)36-17-18-11-8-7-9-12-18)21(32)29-19(16-31)15-28-23(34)38-26(4,5)6/h7-9,11-12,19-20,31H,10,13-17H2,1-6H3,(H,27,33)(H,28,34)(H,29,32)(H,30,35)/t19-,20-/m0/s1. The molecule has 1 aromatic rings. The molecule has 0 bridgehead atoms. The van der Waals surface area contributed by atoms with E-state index in [-0.39, 0.29) is 26.1 Å². The zero-order valence-corrected chi connectivity index (χ0v) is 23.1. The molecule has 0 aromatic heterocycles. The number of benzene rings is 1. The number of aliphatic hydroxyl groups is 1. The molecule has 4 amide bonds. The van der Waals surface area contributed by atoms with Crippen molar-refractivity contribution < 1.29 is 38.5 Å². The van der Waals surface area contributed by atoms with Crippen LogP contribution >= 0.6 is 0 Å². The van der Waals surface area contributed by atoms with Crippen LogP contribution in [0.3, 0.4) is 0 Å². The molecule has 38 heavy (non-hydrogen) atoms. The summed E-state index contributed by atoms with van der Waals surface area (Å²) in [4.78, 5) is 49.1. The summed E-state index contributed by atoms with van der Waals surface area (Å²) >= 11 is 0. The molecule has 12 nitrogen and oxygen atoms in total. The molecule has 214 valence electrons. The van der Waals surface area contributed by atoms with Gasteiger partial charge in [-0.2, -0.15) is 0 Å². The molecule has 0 radical (unpaired) electrons. The van der Waals surface area contributed by atoms with Gasteiger partial charge in [-0.1, -0.05) is 30.3 Å². The fourth-order valence-corrected chi connectivity index (χ4v) is 2.97. The number of ether oxygens (including phenoxy) is 3. The van der Waals surface area contributed by atoms with E-state index in [2.05, 4.69) is 21.3 Å². The number of hydrogen-bond acceptors (Lipinski definition) is 8. The average Bonchev–Trinajstić information content (AvgIpc) is 2.80. The number of hydrogen-bond donors (Lipinski definition) is 5. The number of aliphatic hydroxyl groups excluding tert-OH is 1. The van der Waals surface area contributed by atoms with Crippen molar-refractivity contribution in [2.75, 3.05) is 19.7 Å². The van der Waals surface area contributed by atoms with E-state index in [4.69, 9.17) is 14.2 Å². The third-order valence-electron chi connectivity index (χ3n) is 4.62. The Hall–Kier alpha value is -3.54. The lowest BCUT2D eigenvalue weighted by Gasteiger charge is -2.24. The highest BCUT2D eigenvalue weighted by Crippen LogP contribution is 2.08. The zero-order valence-electron chi connectivity index (χ0n) is 23.1. The van der Waals surface area contributed by atoms with Gasteiger partial charge >= 0.3 is 18.3 Å². The fourth-order valence-electron chi connectivity index (χ4n) is 2.97. The zero-order chi connectivity index (χ0) is 28.8. The van der Waals surface area contributed by atoms with Crippen LogP contribution in [0.1, 0.15) is 59.9 Å². The lowest BCUT2D eigenvalue weighted by molar-refractivity contribution is -0.124. The first-order valence-electron chi connectivity index (χ1n) is 12.5. The van der Waals surface area contributed by atoms with Crippen LogP contribution in [-0.2, 0) is 25.6 Å². The minimum Gasteiger partial charge on any atom is -0.445 e.